The molecule has 2 aromatic rings. The highest BCUT2D eigenvalue weighted by molar-refractivity contribution is 7.72. The van der Waals surface area contributed by atoms with Crippen LogP contribution in [0.15, 0.2) is 18.9 Å². The second-order valence-electron chi connectivity index (χ2n) is 5.36. The van der Waals surface area contributed by atoms with Crippen molar-refractivity contribution in [2.24, 2.45) is 0 Å². The minimum absolute atomic E-state index is 0.0257. The van der Waals surface area contributed by atoms with E-state index < -0.39 is 20.6 Å². The topological polar surface area (TPSA) is 115 Å². The first-order chi connectivity index (χ1) is 12.9. The highest BCUT2D eigenvalue weighted by Crippen LogP contribution is 2.70. The van der Waals surface area contributed by atoms with E-state index in [2.05, 4.69) is 15.0 Å². The monoisotopic (exact) mass is 420 g/mol. The molecule has 0 amide bonds. The Morgan fingerprint density at radius 2 is 1.44 bits per heavy atom. The van der Waals surface area contributed by atoms with Gasteiger partial charge in [-0.2, -0.15) is 0 Å². The van der Waals surface area contributed by atoms with Crippen LogP contribution in [0.1, 0.15) is 27.7 Å². The molecule has 0 aliphatic carbocycles. The fourth-order valence-corrected chi connectivity index (χ4v) is 7.85. The van der Waals surface area contributed by atoms with Crippen molar-refractivity contribution in [3.05, 3.63) is 18.9 Å². The molecule has 0 unspecified atom stereocenters. The Morgan fingerprint density at radius 1 is 0.926 bits per heavy atom. The number of aromatic nitrogens is 4. The third kappa shape index (κ3) is 5.02. The van der Waals surface area contributed by atoms with E-state index in [9.17, 15) is 9.13 Å². The average molecular weight is 420 g/mol. The normalized spacial score (nSPS) is 12.9. The number of rotatable bonds is 12. The molecule has 2 rings (SSSR count). The van der Waals surface area contributed by atoms with Gasteiger partial charge in [-0.25, -0.2) is 15.0 Å². The van der Waals surface area contributed by atoms with Crippen LogP contribution in [0.2, 0.25) is 0 Å². The van der Waals surface area contributed by atoms with Gasteiger partial charge in [0.1, 0.15) is 11.8 Å². The van der Waals surface area contributed by atoms with Crippen molar-refractivity contribution >= 4 is 26.4 Å². The van der Waals surface area contributed by atoms with Crippen LogP contribution >= 0.6 is 15.2 Å². The number of hydrogen-bond acceptors (Lipinski definition) is 9. The number of imidazole rings is 1. The molecular formula is C15H26N4O6P2. The van der Waals surface area contributed by atoms with E-state index >= 15 is 0 Å². The summed E-state index contributed by atoms with van der Waals surface area (Å²) in [5.74, 6) is 0. The summed E-state index contributed by atoms with van der Waals surface area (Å²) in [5, 5.41) is -1.17. The van der Waals surface area contributed by atoms with E-state index in [1.807, 2.05) is 0 Å². The van der Waals surface area contributed by atoms with Crippen molar-refractivity contribution in [3.8, 4) is 0 Å². The molecule has 0 aliphatic heterocycles. The van der Waals surface area contributed by atoms with E-state index in [1.165, 1.54) is 12.7 Å². The first-order valence-electron chi connectivity index (χ1n) is 8.82. The van der Waals surface area contributed by atoms with Gasteiger partial charge in [-0.1, -0.05) is 0 Å². The Morgan fingerprint density at radius 3 is 1.93 bits per heavy atom. The van der Waals surface area contributed by atoms with Crippen molar-refractivity contribution in [1.29, 1.82) is 0 Å². The highest BCUT2D eigenvalue weighted by atomic mass is 31.2. The second-order valence-corrected chi connectivity index (χ2v) is 10.2. The predicted molar refractivity (Wildman–Crippen MR) is 101 cm³/mol. The zero-order valence-corrected chi connectivity index (χ0v) is 17.8. The molecular weight excluding hydrogens is 394 g/mol. The van der Waals surface area contributed by atoms with E-state index in [1.54, 1.807) is 38.5 Å². The molecule has 2 aromatic heterocycles. The van der Waals surface area contributed by atoms with Gasteiger partial charge < -0.3 is 22.7 Å². The summed E-state index contributed by atoms with van der Waals surface area (Å²) in [6.07, 6.45) is 4.45. The standard InChI is InChI=1S/C15H26N4O6P2/c1-5-22-26(20,23-6-2)14(27(21,24-7-3)25-8-4)10-19-12-18-13-9-16-11-17-15(13)19/h9,11-12,14H,5-8,10H2,1-4H3. The summed E-state index contributed by atoms with van der Waals surface area (Å²) >= 11 is 0. The van der Waals surface area contributed by atoms with Gasteiger partial charge in [0.15, 0.2) is 11.0 Å². The van der Waals surface area contributed by atoms with E-state index in [0.717, 1.165) is 0 Å². The fraction of sp³-hybridized carbons (Fsp3) is 0.667. The van der Waals surface area contributed by atoms with E-state index in [-0.39, 0.29) is 33.0 Å². The summed E-state index contributed by atoms with van der Waals surface area (Å²) in [5.41, 5.74) is 1.07. The predicted octanol–water partition coefficient (Wildman–Crippen LogP) is 3.68. The smallest absolute Gasteiger partial charge is 0.314 e. The van der Waals surface area contributed by atoms with E-state index in [0.29, 0.717) is 11.2 Å². The minimum atomic E-state index is -3.83. The lowest BCUT2D eigenvalue weighted by Crippen LogP contribution is -2.23. The van der Waals surface area contributed by atoms with Gasteiger partial charge >= 0.3 is 15.2 Å². The fourth-order valence-electron chi connectivity index (χ4n) is 2.64. The van der Waals surface area contributed by atoms with Crippen molar-refractivity contribution in [2.45, 2.75) is 39.6 Å². The van der Waals surface area contributed by atoms with Crippen LogP contribution in [0.3, 0.4) is 0 Å². The molecule has 2 heterocycles. The summed E-state index contributed by atoms with van der Waals surface area (Å²) in [6, 6.07) is 0. The van der Waals surface area contributed by atoms with Gasteiger partial charge in [-0.15, -0.1) is 0 Å². The van der Waals surface area contributed by atoms with Gasteiger partial charge in [-0.05, 0) is 27.7 Å². The SMILES string of the molecule is CCOP(=O)(OCC)C(Cn1cnc2cncnc21)P(=O)(OCC)OCC. The largest absolute Gasteiger partial charge is 0.347 e. The quantitative estimate of drug-likeness (QED) is 0.474. The molecule has 0 fully saturated rings. The van der Waals surface area contributed by atoms with Crippen molar-refractivity contribution in [2.75, 3.05) is 26.4 Å². The molecule has 0 N–H and O–H groups in total. The van der Waals surface area contributed by atoms with Crippen LogP contribution in [-0.4, -0.2) is 51.3 Å². The lowest BCUT2D eigenvalue weighted by atomic mass is 10.5. The molecule has 27 heavy (non-hydrogen) atoms. The van der Waals surface area contributed by atoms with Crippen LogP contribution in [0.4, 0.5) is 0 Å². The van der Waals surface area contributed by atoms with Gasteiger partial charge in [0.05, 0.1) is 45.5 Å². The summed E-state index contributed by atoms with van der Waals surface area (Å²) in [4.78, 5) is 12.3. The number of nitrogens with zero attached hydrogens (tertiary/aromatic N) is 4. The Balaban J connectivity index is 2.54. The Labute approximate surface area is 158 Å². The molecule has 0 saturated carbocycles. The van der Waals surface area contributed by atoms with Gasteiger partial charge in [0.2, 0.25) is 0 Å². The third-order valence-corrected chi connectivity index (χ3v) is 9.56. The summed E-state index contributed by atoms with van der Waals surface area (Å²) < 4.78 is 50.5. The Kier molecular flexibility index (Phi) is 8.09. The molecule has 12 heteroatoms. The van der Waals surface area contributed by atoms with Crippen LogP contribution in [0.5, 0.6) is 0 Å². The zero-order chi connectivity index (χ0) is 19.9. The summed E-state index contributed by atoms with van der Waals surface area (Å²) in [6.45, 7) is 7.23. The molecule has 0 aromatic carbocycles. The maximum atomic E-state index is 13.5. The molecule has 0 radical (unpaired) electrons. The average Bonchev–Trinajstić information content (AvgIpc) is 3.03. The zero-order valence-electron chi connectivity index (χ0n) is 16.0. The van der Waals surface area contributed by atoms with Crippen LogP contribution in [-0.2, 0) is 33.8 Å². The van der Waals surface area contributed by atoms with Gasteiger partial charge in [0.25, 0.3) is 0 Å². The van der Waals surface area contributed by atoms with Crippen LogP contribution in [0.25, 0.3) is 11.2 Å². The molecule has 0 bridgehead atoms. The lowest BCUT2D eigenvalue weighted by Gasteiger charge is -2.31. The molecule has 0 atom stereocenters. The van der Waals surface area contributed by atoms with Gasteiger partial charge in [-0.3, -0.25) is 9.13 Å². The van der Waals surface area contributed by atoms with Gasteiger partial charge in [0, 0.05) is 0 Å². The lowest BCUT2D eigenvalue weighted by molar-refractivity contribution is 0.192. The van der Waals surface area contributed by atoms with Crippen LogP contribution < -0.4 is 0 Å². The summed E-state index contributed by atoms with van der Waals surface area (Å²) in [7, 11) is -7.67. The number of fused-ring (bicyclic) bond motifs is 1. The number of hydrogen-bond donors (Lipinski definition) is 0. The Bertz CT molecular complexity index is 779. The first kappa shape index (κ1) is 22.1. The van der Waals surface area contributed by atoms with Crippen molar-refractivity contribution < 1.29 is 27.2 Å². The maximum Gasteiger partial charge on any atom is 0.347 e. The Hall–Kier alpha value is -1.15. The molecule has 10 nitrogen and oxygen atoms in total. The highest BCUT2D eigenvalue weighted by Gasteiger charge is 2.51. The molecule has 0 spiro atoms. The molecule has 0 saturated heterocycles. The molecule has 0 aliphatic rings. The van der Waals surface area contributed by atoms with Crippen molar-refractivity contribution in [1.82, 2.24) is 19.5 Å². The minimum Gasteiger partial charge on any atom is -0.314 e. The third-order valence-electron chi connectivity index (χ3n) is 3.61. The first-order valence-corrected chi connectivity index (χ1v) is 12.0. The maximum absolute atomic E-state index is 13.5. The van der Waals surface area contributed by atoms with Crippen molar-refractivity contribution in [3.63, 3.8) is 0 Å². The van der Waals surface area contributed by atoms with E-state index in [4.69, 9.17) is 18.1 Å². The molecule has 152 valence electrons. The van der Waals surface area contributed by atoms with Crippen LogP contribution in [0, 0.1) is 0 Å². The second kappa shape index (κ2) is 9.87.